The van der Waals surface area contributed by atoms with Crippen LogP contribution >= 0.6 is 0 Å². The highest BCUT2D eigenvalue weighted by Gasteiger charge is 2.32. The molecule has 0 aliphatic heterocycles. The minimum absolute atomic E-state index is 0.207. The van der Waals surface area contributed by atoms with Gasteiger partial charge in [-0.2, -0.15) is 0 Å². The van der Waals surface area contributed by atoms with Gasteiger partial charge in [0.05, 0.1) is 13.7 Å². The number of carbonyl (C=O) groups excluding carboxylic acids is 1. The van der Waals surface area contributed by atoms with Crippen LogP contribution in [0.4, 0.5) is 8.78 Å². The summed E-state index contributed by atoms with van der Waals surface area (Å²) in [6, 6.07) is 0. The first-order valence-electron chi connectivity index (χ1n) is 6.66. The van der Waals surface area contributed by atoms with Crippen LogP contribution in [-0.2, 0) is 9.53 Å². The molecule has 0 aromatic heterocycles. The van der Waals surface area contributed by atoms with E-state index in [-0.39, 0.29) is 12.5 Å². The van der Waals surface area contributed by atoms with Crippen molar-refractivity contribution in [1.82, 2.24) is 10.2 Å². The first kappa shape index (κ1) is 18.2. The number of rotatable bonds is 10. The fourth-order valence-corrected chi connectivity index (χ4v) is 2.07. The Morgan fingerprint density at radius 1 is 1.42 bits per heavy atom. The van der Waals surface area contributed by atoms with Crippen molar-refractivity contribution < 1.29 is 18.3 Å². The number of hydrogen-bond donors (Lipinski definition) is 1. The molecule has 0 aliphatic rings. The Morgan fingerprint density at radius 3 is 2.53 bits per heavy atom. The zero-order valence-electron chi connectivity index (χ0n) is 12.3. The molecule has 0 saturated carbocycles. The average Bonchev–Trinajstić information content (AvgIpc) is 2.33. The predicted octanol–water partition coefficient (Wildman–Crippen LogP) is 1.89. The lowest BCUT2D eigenvalue weighted by molar-refractivity contribution is -0.148. The third-order valence-electron chi connectivity index (χ3n) is 3.12. The Kier molecular flexibility index (Phi) is 8.84. The molecule has 0 spiro atoms. The number of alkyl halides is 2. The summed E-state index contributed by atoms with van der Waals surface area (Å²) in [4.78, 5) is 13.3. The summed E-state index contributed by atoms with van der Waals surface area (Å²) in [6.45, 7) is 4.81. The average molecular weight is 280 g/mol. The molecule has 0 bridgehead atoms. The SMILES string of the molecule is CCNC(C)(CCCCN(C)CC(F)F)C(=O)OC. The molecule has 1 N–H and O–H groups in total. The van der Waals surface area contributed by atoms with E-state index in [2.05, 4.69) is 5.32 Å². The molecule has 1 unspecified atom stereocenters. The maximum atomic E-state index is 12.1. The van der Waals surface area contributed by atoms with Crippen molar-refractivity contribution in [2.45, 2.75) is 45.1 Å². The van der Waals surface area contributed by atoms with Crippen molar-refractivity contribution in [2.24, 2.45) is 0 Å². The number of hydrogen-bond acceptors (Lipinski definition) is 4. The molecule has 19 heavy (non-hydrogen) atoms. The van der Waals surface area contributed by atoms with E-state index in [1.165, 1.54) is 7.11 Å². The van der Waals surface area contributed by atoms with Crippen molar-refractivity contribution in [2.75, 3.05) is 33.8 Å². The first-order valence-corrected chi connectivity index (χ1v) is 6.66. The standard InChI is InChI=1S/C13H26F2N2O2/c1-5-16-13(2,12(18)19-4)8-6-7-9-17(3)10-11(14)15/h11,16H,5-10H2,1-4H3. The molecule has 0 saturated heterocycles. The predicted molar refractivity (Wildman–Crippen MR) is 71.4 cm³/mol. The smallest absolute Gasteiger partial charge is 0.325 e. The monoisotopic (exact) mass is 280 g/mol. The van der Waals surface area contributed by atoms with E-state index < -0.39 is 12.0 Å². The van der Waals surface area contributed by atoms with Crippen LogP contribution in [0.1, 0.15) is 33.1 Å². The summed E-state index contributed by atoms with van der Waals surface area (Å²) in [6.07, 6.45) is -0.101. The van der Waals surface area contributed by atoms with E-state index in [1.54, 1.807) is 11.9 Å². The lowest BCUT2D eigenvalue weighted by Crippen LogP contribution is -2.50. The quantitative estimate of drug-likeness (QED) is 0.490. The lowest BCUT2D eigenvalue weighted by Gasteiger charge is -2.27. The second-order valence-electron chi connectivity index (χ2n) is 4.96. The second kappa shape index (κ2) is 9.20. The van der Waals surface area contributed by atoms with Gasteiger partial charge in [-0.15, -0.1) is 0 Å². The molecule has 114 valence electrons. The highest BCUT2D eigenvalue weighted by atomic mass is 19.3. The highest BCUT2D eigenvalue weighted by molar-refractivity contribution is 5.80. The summed E-state index contributed by atoms with van der Waals surface area (Å²) in [5.74, 6) is -0.282. The number of halogens is 2. The third kappa shape index (κ3) is 7.42. The molecule has 6 heteroatoms. The van der Waals surface area contributed by atoms with Crippen LogP contribution in [0.3, 0.4) is 0 Å². The Balaban J connectivity index is 4.03. The number of likely N-dealkylation sites (N-methyl/N-ethyl adjacent to an activating group) is 1. The summed E-state index contributed by atoms with van der Waals surface area (Å²) < 4.78 is 29.0. The van der Waals surface area contributed by atoms with E-state index in [9.17, 15) is 13.6 Å². The van der Waals surface area contributed by atoms with Gasteiger partial charge in [-0.25, -0.2) is 8.78 Å². The fraction of sp³-hybridized carbons (Fsp3) is 0.923. The van der Waals surface area contributed by atoms with Crippen LogP contribution in [0.5, 0.6) is 0 Å². The van der Waals surface area contributed by atoms with Gasteiger partial charge in [0.1, 0.15) is 5.54 Å². The highest BCUT2D eigenvalue weighted by Crippen LogP contribution is 2.16. The molecular weight excluding hydrogens is 254 g/mol. The number of nitrogens with one attached hydrogen (secondary N) is 1. The Hall–Kier alpha value is -0.750. The number of methoxy groups -OCH3 is 1. The van der Waals surface area contributed by atoms with Gasteiger partial charge in [0, 0.05) is 0 Å². The normalized spacial score (nSPS) is 14.7. The zero-order chi connectivity index (χ0) is 14.9. The zero-order valence-corrected chi connectivity index (χ0v) is 12.3. The van der Waals surface area contributed by atoms with Crippen LogP contribution in [0.15, 0.2) is 0 Å². The topological polar surface area (TPSA) is 41.6 Å². The maximum absolute atomic E-state index is 12.1. The number of carbonyl (C=O) groups is 1. The van der Waals surface area contributed by atoms with Crippen molar-refractivity contribution in [3.63, 3.8) is 0 Å². The number of nitrogens with zero attached hydrogens (tertiary/aromatic N) is 1. The molecule has 0 amide bonds. The maximum Gasteiger partial charge on any atom is 0.325 e. The van der Waals surface area contributed by atoms with Gasteiger partial charge in [0.2, 0.25) is 0 Å². The lowest BCUT2D eigenvalue weighted by atomic mass is 9.94. The van der Waals surface area contributed by atoms with Crippen LogP contribution in [-0.4, -0.2) is 56.6 Å². The van der Waals surface area contributed by atoms with Gasteiger partial charge in [0.15, 0.2) is 0 Å². The number of unbranched alkanes of at least 4 members (excludes halogenated alkanes) is 1. The summed E-state index contributed by atoms with van der Waals surface area (Å²) in [7, 11) is 3.05. The van der Waals surface area contributed by atoms with Crippen molar-refractivity contribution in [1.29, 1.82) is 0 Å². The number of ether oxygens (including phenoxy) is 1. The van der Waals surface area contributed by atoms with Crippen molar-refractivity contribution in [3.8, 4) is 0 Å². The van der Waals surface area contributed by atoms with Gasteiger partial charge in [0.25, 0.3) is 6.43 Å². The van der Waals surface area contributed by atoms with Crippen molar-refractivity contribution >= 4 is 5.97 Å². The Morgan fingerprint density at radius 2 is 2.05 bits per heavy atom. The minimum atomic E-state index is -2.30. The summed E-state index contributed by atoms with van der Waals surface area (Å²) in [5, 5.41) is 3.12. The van der Waals surface area contributed by atoms with Crippen LogP contribution in [0.2, 0.25) is 0 Å². The molecule has 0 rings (SSSR count). The van der Waals surface area contributed by atoms with E-state index in [0.29, 0.717) is 19.5 Å². The molecule has 0 fully saturated rings. The van der Waals surface area contributed by atoms with Crippen LogP contribution < -0.4 is 5.32 Å². The molecular formula is C13H26F2N2O2. The molecule has 0 aromatic rings. The molecule has 0 radical (unpaired) electrons. The van der Waals surface area contributed by atoms with Gasteiger partial charge in [-0.3, -0.25) is 4.79 Å². The van der Waals surface area contributed by atoms with E-state index in [4.69, 9.17) is 4.74 Å². The summed E-state index contributed by atoms with van der Waals surface area (Å²) in [5.41, 5.74) is -0.690. The Bertz CT molecular complexity index is 265. The van der Waals surface area contributed by atoms with E-state index in [1.807, 2.05) is 13.8 Å². The van der Waals surface area contributed by atoms with Gasteiger partial charge in [-0.1, -0.05) is 6.92 Å². The summed E-state index contributed by atoms with van der Waals surface area (Å²) >= 11 is 0. The molecule has 0 heterocycles. The molecule has 4 nitrogen and oxygen atoms in total. The fourth-order valence-electron chi connectivity index (χ4n) is 2.07. The van der Waals surface area contributed by atoms with Crippen LogP contribution in [0, 0.1) is 0 Å². The Labute approximate surface area is 114 Å². The minimum Gasteiger partial charge on any atom is -0.468 e. The molecule has 0 aromatic carbocycles. The second-order valence-corrected chi connectivity index (χ2v) is 4.96. The van der Waals surface area contributed by atoms with Crippen molar-refractivity contribution in [3.05, 3.63) is 0 Å². The number of esters is 1. The van der Waals surface area contributed by atoms with Gasteiger partial charge >= 0.3 is 5.97 Å². The third-order valence-corrected chi connectivity index (χ3v) is 3.12. The molecule has 0 aliphatic carbocycles. The first-order chi connectivity index (χ1) is 8.85. The van der Waals surface area contributed by atoms with E-state index >= 15 is 0 Å². The van der Waals surface area contributed by atoms with E-state index in [0.717, 1.165) is 12.8 Å². The van der Waals surface area contributed by atoms with Gasteiger partial charge < -0.3 is 15.0 Å². The largest absolute Gasteiger partial charge is 0.468 e. The van der Waals surface area contributed by atoms with Gasteiger partial charge in [-0.05, 0) is 46.3 Å². The van der Waals surface area contributed by atoms with Crippen LogP contribution in [0.25, 0.3) is 0 Å². The molecule has 1 atom stereocenters.